The maximum atomic E-state index is 6.40. The molecule has 1 aromatic heterocycles. The zero-order chi connectivity index (χ0) is 15.6. The monoisotopic (exact) mass is 390 g/mol. The molecule has 0 amide bonds. The molecule has 3 N–H and O–H groups in total. The van der Waals surface area contributed by atoms with Crippen LogP contribution in [0, 0.1) is 0 Å². The van der Waals surface area contributed by atoms with Gasteiger partial charge in [0.25, 0.3) is 0 Å². The number of nitrogens with one attached hydrogen (secondary N) is 1. The first-order chi connectivity index (χ1) is 9.99. The van der Waals surface area contributed by atoms with E-state index < -0.39 is 0 Å². The lowest BCUT2D eigenvalue weighted by Gasteiger charge is -2.18. The Kier molecular flexibility index (Phi) is 5.68. The van der Waals surface area contributed by atoms with Gasteiger partial charge < -0.3 is 0 Å². The molecule has 0 fully saturated rings. The second kappa shape index (κ2) is 7.11. The maximum Gasteiger partial charge on any atom is 0.0850 e. The Morgan fingerprint density at radius 2 is 2.10 bits per heavy atom. The third kappa shape index (κ3) is 3.43. The zero-order valence-electron chi connectivity index (χ0n) is 11.8. The van der Waals surface area contributed by atoms with E-state index in [0.29, 0.717) is 16.5 Å². The highest BCUT2D eigenvalue weighted by Gasteiger charge is 2.20. The summed E-state index contributed by atoms with van der Waals surface area (Å²) in [6.07, 6.45) is 1.40. The molecule has 1 atom stereocenters. The molecule has 0 aliphatic rings. The predicted molar refractivity (Wildman–Crippen MR) is 90.5 cm³/mol. The minimum absolute atomic E-state index is 0.146. The van der Waals surface area contributed by atoms with Crippen molar-refractivity contribution in [2.75, 3.05) is 0 Å². The van der Waals surface area contributed by atoms with Crippen molar-refractivity contribution in [2.24, 2.45) is 12.9 Å². The SMILES string of the molecule is CCc1nn(C)c(CC(NN)c2cccc(Br)c2Cl)c1Cl. The second-order valence-corrected chi connectivity index (χ2v) is 6.36. The number of nitrogens with two attached hydrogens (primary N) is 1. The fraction of sp³-hybridized carbons (Fsp3) is 0.357. The smallest absolute Gasteiger partial charge is 0.0850 e. The highest BCUT2D eigenvalue weighted by molar-refractivity contribution is 9.10. The van der Waals surface area contributed by atoms with Crippen molar-refractivity contribution < 1.29 is 0 Å². The van der Waals surface area contributed by atoms with Crippen LogP contribution in [-0.2, 0) is 19.9 Å². The number of halogens is 3. The predicted octanol–water partition coefficient (Wildman–Crippen LogP) is 3.80. The third-order valence-electron chi connectivity index (χ3n) is 3.46. The number of hydrogen-bond donors (Lipinski definition) is 2. The minimum atomic E-state index is -0.146. The maximum absolute atomic E-state index is 6.40. The molecule has 0 aliphatic carbocycles. The van der Waals surface area contributed by atoms with Gasteiger partial charge in [-0.1, -0.05) is 42.3 Å². The summed E-state index contributed by atoms with van der Waals surface area (Å²) in [4.78, 5) is 0. The summed E-state index contributed by atoms with van der Waals surface area (Å²) in [5.41, 5.74) is 5.56. The van der Waals surface area contributed by atoms with Gasteiger partial charge in [-0.05, 0) is 34.0 Å². The van der Waals surface area contributed by atoms with Gasteiger partial charge in [0, 0.05) is 17.9 Å². The molecule has 0 bridgehead atoms. The number of nitrogens with zero attached hydrogens (tertiary/aromatic N) is 2. The number of hydrogen-bond acceptors (Lipinski definition) is 3. The van der Waals surface area contributed by atoms with E-state index in [-0.39, 0.29) is 6.04 Å². The van der Waals surface area contributed by atoms with E-state index in [0.717, 1.165) is 27.8 Å². The molecule has 1 unspecified atom stereocenters. The lowest BCUT2D eigenvalue weighted by molar-refractivity contribution is 0.530. The van der Waals surface area contributed by atoms with Crippen molar-refractivity contribution in [3.63, 3.8) is 0 Å². The Morgan fingerprint density at radius 3 is 2.67 bits per heavy atom. The van der Waals surface area contributed by atoms with Gasteiger partial charge in [0.15, 0.2) is 0 Å². The summed E-state index contributed by atoms with van der Waals surface area (Å²) in [6, 6.07) is 5.62. The molecule has 21 heavy (non-hydrogen) atoms. The standard InChI is InChI=1S/C14H17BrCl2N4/c1-3-10-14(17)12(21(2)20-10)7-11(19-18)8-5-4-6-9(15)13(8)16/h4-6,11,19H,3,7,18H2,1-2H3. The Labute approximate surface area is 142 Å². The Hall–Kier alpha value is -0.590. The van der Waals surface area contributed by atoms with Gasteiger partial charge >= 0.3 is 0 Å². The molecule has 0 aliphatic heterocycles. The molecule has 0 radical (unpaired) electrons. The summed E-state index contributed by atoms with van der Waals surface area (Å²) < 4.78 is 2.64. The molecule has 1 heterocycles. The van der Waals surface area contributed by atoms with E-state index in [1.165, 1.54) is 0 Å². The van der Waals surface area contributed by atoms with E-state index in [1.807, 2.05) is 32.2 Å². The average molecular weight is 392 g/mol. The van der Waals surface area contributed by atoms with Crippen molar-refractivity contribution >= 4 is 39.1 Å². The summed E-state index contributed by atoms with van der Waals surface area (Å²) in [5, 5.41) is 5.77. The number of rotatable bonds is 5. The van der Waals surface area contributed by atoms with Gasteiger partial charge in [-0.15, -0.1) is 0 Å². The van der Waals surface area contributed by atoms with Crippen LogP contribution < -0.4 is 11.3 Å². The largest absolute Gasteiger partial charge is 0.271 e. The molecule has 0 spiro atoms. The van der Waals surface area contributed by atoms with Gasteiger partial charge in [0.1, 0.15) is 0 Å². The number of aromatic nitrogens is 2. The Morgan fingerprint density at radius 1 is 1.38 bits per heavy atom. The Balaban J connectivity index is 2.36. The number of benzene rings is 1. The molecule has 7 heteroatoms. The topological polar surface area (TPSA) is 55.9 Å². The van der Waals surface area contributed by atoms with Gasteiger partial charge in [0.2, 0.25) is 0 Å². The van der Waals surface area contributed by atoms with Gasteiger partial charge in [-0.25, -0.2) is 0 Å². The minimum Gasteiger partial charge on any atom is -0.271 e. The first-order valence-corrected chi connectivity index (χ1v) is 8.14. The molecular formula is C14H17BrCl2N4. The fourth-order valence-corrected chi connectivity index (χ4v) is 3.29. The quantitative estimate of drug-likeness (QED) is 0.602. The number of aryl methyl sites for hydroxylation is 2. The first-order valence-electron chi connectivity index (χ1n) is 6.59. The van der Waals surface area contributed by atoms with Crippen LogP contribution in [0.15, 0.2) is 22.7 Å². The molecule has 114 valence electrons. The van der Waals surface area contributed by atoms with Gasteiger partial charge in [-0.3, -0.25) is 16.0 Å². The highest BCUT2D eigenvalue weighted by Crippen LogP contribution is 2.33. The van der Waals surface area contributed by atoms with Gasteiger partial charge in [-0.2, -0.15) is 5.10 Å². The van der Waals surface area contributed by atoms with Crippen LogP contribution in [0.1, 0.15) is 29.9 Å². The number of hydrazine groups is 1. The lowest BCUT2D eigenvalue weighted by Crippen LogP contribution is -2.30. The summed E-state index contributed by atoms with van der Waals surface area (Å²) >= 11 is 16.2. The summed E-state index contributed by atoms with van der Waals surface area (Å²) in [5.74, 6) is 5.71. The van der Waals surface area contributed by atoms with Crippen LogP contribution in [-0.4, -0.2) is 9.78 Å². The van der Waals surface area contributed by atoms with Crippen LogP contribution in [0.5, 0.6) is 0 Å². The Bertz CT molecular complexity index is 642. The van der Waals surface area contributed by atoms with Crippen molar-refractivity contribution in [1.29, 1.82) is 0 Å². The molecule has 1 aromatic carbocycles. The zero-order valence-corrected chi connectivity index (χ0v) is 14.9. The summed E-state index contributed by atoms with van der Waals surface area (Å²) in [7, 11) is 1.89. The van der Waals surface area contributed by atoms with Gasteiger partial charge in [0.05, 0.1) is 27.5 Å². The van der Waals surface area contributed by atoms with Crippen LogP contribution in [0.25, 0.3) is 0 Å². The van der Waals surface area contributed by atoms with Crippen molar-refractivity contribution in [3.8, 4) is 0 Å². The van der Waals surface area contributed by atoms with Crippen LogP contribution in [0.4, 0.5) is 0 Å². The molecule has 0 saturated heterocycles. The normalized spacial score (nSPS) is 12.7. The van der Waals surface area contributed by atoms with Crippen LogP contribution >= 0.6 is 39.1 Å². The van der Waals surface area contributed by atoms with E-state index in [9.17, 15) is 0 Å². The van der Waals surface area contributed by atoms with Crippen molar-refractivity contribution in [2.45, 2.75) is 25.8 Å². The first kappa shape index (κ1) is 16.8. The van der Waals surface area contributed by atoms with Crippen LogP contribution in [0.2, 0.25) is 10.0 Å². The fourth-order valence-electron chi connectivity index (χ4n) is 2.28. The van der Waals surface area contributed by atoms with E-state index in [2.05, 4.69) is 26.5 Å². The second-order valence-electron chi connectivity index (χ2n) is 4.75. The van der Waals surface area contributed by atoms with E-state index in [4.69, 9.17) is 29.0 Å². The van der Waals surface area contributed by atoms with Crippen LogP contribution in [0.3, 0.4) is 0 Å². The van der Waals surface area contributed by atoms with E-state index >= 15 is 0 Å². The third-order valence-corrected chi connectivity index (χ3v) is 5.21. The molecule has 2 aromatic rings. The molecule has 0 saturated carbocycles. The molecular weight excluding hydrogens is 375 g/mol. The molecule has 2 rings (SSSR count). The van der Waals surface area contributed by atoms with Crippen molar-refractivity contribution in [3.05, 3.63) is 49.7 Å². The lowest BCUT2D eigenvalue weighted by atomic mass is 10.0. The average Bonchev–Trinajstić information content (AvgIpc) is 2.74. The van der Waals surface area contributed by atoms with Crippen molar-refractivity contribution in [1.82, 2.24) is 15.2 Å². The molecule has 4 nitrogen and oxygen atoms in total. The highest BCUT2D eigenvalue weighted by atomic mass is 79.9. The summed E-state index contributed by atoms with van der Waals surface area (Å²) in [6.45, 7) is 2.03. The van der Waals surface area contributed by atoms with E-state index in [1.54, 1.807) is 4.68 Å².